The Morgan fingerprint density at radius 3 is 3.00 bits per heavy atom. The number of hydrogen-bond acceptors (Lipinski definition) is 5. The number of anilines is 1. The van der Waals surface area contributed by atoms with Crippen molar-refractivity contribution >= 4 is 22.5 Å². The molecule has 0 aliphatic carbocycles. The van der Waals surface area contributed by atoms with Crippen LogP contribution in [0.2, 0.25) is 0 Å². The van der Waals surface area contributed by atoms with Crippen molar-refractivity contribution in [3.63, 3.8) is 0 Å². The number of ether oxygens (including phenoxy) is 1. The average Bonchev–Trinajstić information content (AvgIpc) is 3.09. The zero-order valence-corrected chi connectivity index (χ0v) is 17.2. The molecule has 1 unspecified atom stereocenters. The molecule has 0 bridgehead atoms. The summed E-state index contributed by atoms with van der Waals surface area (Å²) in [5, 5.41) is 5.86. The molecule has 7 heteroatoms. The Bertz CT molecular complexity index is 638. The lowest BCUT2D eigenvalue weighted by Crippen LogP contribution is -2.49. The van der Waals surface area contributed by atoms with Crippen LogP contribution in [0.4, 0.5) is 9.93 Å². The van der Waals surface area contributed by atoms with Gasteiger partial charge in [0.15, 0.2) is 5.13 Å². The maximum atomic E-state index is 12.8. The van der Waals surface area contributed by atoms with Gasteiger partial charge in [-0.15, -0.1) is 11.3 Å². The van der Waals surface area contributed by atoms with Gasteiger partial charge in [0.1, 0.15) is 0 Å². The summed E-state index contributed by atoms with van der Waals surface area (Å²) in [4.78, 5) is 21.9. The Hall–Kier alpha value is -1.18. The van der Waals surface area contributed by atoms with E-state index in [2.05, 4.69) is 27.5 Å². The first-order chi connectivity index (χ1) is 13.1. The number of piperidine rings is 2. The average molecular weight is 393 g/mol. The number of rotatable bonds is 3. The quantitative estimate of drug-likeness (QED) is 0.850. The summed E-state index contributed by atoms with van der Waals surface area (Å²) in [5.41, 5.74) is 1.34. The Morgan fingerprint density at radius 1 is 1.33 bits per heavy atom. The van der Waals surface area contributed by atoms with E-state index in [0.29, 0.717) is 0 Å². The van der Waals surface area contributed by atoms with Crippen LogP contribution in [-0.4, -0.2) is 60.2 Å². The molecular weight excluding hydrogens is 360 g/mol. The number of thiazole rings is 1. The van der Waals surface area contributed by atoms with Crippen LogP contribution in [0.3, 0.4) is 0 Å². The van der Waals surface area contributed by atoms with Gasteiger partial charge in [-0.3, -0.25) is 10.2 Å². The molecule has 0 saturated carbocycles. The molecule has 0 aromatic carbocycles. The number of amides is 2. The number of nitrogens with zero attached hydrogens (tertiary/aromatic N) is 3. The number of carbonyl (C=O) groups excluding carboxylic acids is 1. The predicted octanol–water partition coefficient (Wildman–Crippen LogP) is 3.80. The third-order valence-corrected chi connectivity index (χ3v) is 7.20. The zero-order valence-electron chi connectivity index (χ0n) is 16.4. The van der Waals surface area contributed by atoms with Crippen molar-refractivity contribution in [2.45, 2.75) is 52.0 Å². The first-order valence-electron chi connectivity index (χ1n) is 10.4. The molecule has 1 spiro atoms. The SMILES string of the molecule is CC1CCCN(Cc2csc(NC(=O)N3CCCC4(CCOCC4)C3)n2)C1. The molecule has 3 saturated heterocycles. The third-order valence-electron chi connectivity index (χ3n) is 6.39. The topological polar surface area (TPSA) is 57.7 Å². The second kappa shape index (κ2) is 8.45. The Balaban J connectivity index is 1.31. The zero-order chi connectivity index (χ0) is 18.7. The van der Waals surface area contributed by atoms with E-state index < -0.39 is 0 Å². The minimum Gasteiger partial charge on any atom is -0.381 e. The summed E-state index contributed by atoms with van der Waals surface area (Å²) in [7, 11) is 0. The van der Waals surface area contributed by atoms with Crippen LogP contribution < -0.4 is 5.32 Å². The number of aromatic nitrogens is 1. The lowest BCUT2D eigenvalue weighted by atomic mass is 9.74. The summed E-state index contributed by atoms with van der Waals surface area (Å²) in [6.07, 6.45) is 7.06. The molecule has 27 heavy (non-hydrogen) atoms. The molecule has 3 fully saturated rings. The van der Waals surface area contributed by atoms with E-state index in [1.54, 1.807) is 11.3 Å². The highest BCUT2D eigenvalue weighted by Gasteiger charge is 2.38. The van der Waals surface area contributed by atoms with Gasteiger partial charge >= 0.3 is 6.03 Å². The van der Waals surface area contributed by atoms with Gasteiger partial charge in [0.25, 0.3) is 0 Å². The molecule has 4 rings (SSSR count). The van der Waals surface area contributed by atoms with Gasteiger partial charge in [0, 0.05) is 44.8 Å². The summed E-state index contributed by atoms with van der Waals surface area (Å²) in [5.74, 6) is 0.771. The van der Waals surface area contributed by atoms with Gasteiger partial charge in [0.05, 0.1) is 5.69 Å². The molecule has 0 radical (unpaired) electrons. The smallest absolute Gasteiger partial charge is 0.323 e. The van der Waals surface area contributed by atoms with E-state index in [-0.39, 0.29) is 11.4 Å². The lowest BCUT2D eigenvalue weighted by Gasteiger charge is -2.44. The van der Waals surface area contributed by atoms with Crippen LogP contribution in [-0.2, 0) is 11.3 Å². The normalized spacial score (nSPS) is 26.3. The maximum Gasteiger partial charge on any atom is 0.323 e. The minimum atomic E-state index is 0.00746. The number of urea groups is 1. The monoisotopic (exact) mass is 392 g/mol. The van der Waals surface area contributed by atoms with E-state index in [9.17, 15) is 4.79 Å². The second-order valence-corrected chi connectivity index (χ2v) is 9.55. The molecule has 1 aromatic heterocycles. The van der Waals surface area contributed by atoms with Gasteiger partial charge in [0.2, 0.25) is 0 Å². The van der Waals surface area contributed by atoms with Gasteiger partial charge in [-0.2, -0.15) is 0 Å². The van der Waals surface area contributed by atoms with E-state index in [0.717, 1.165) is 81.9 Å². The van der Waals surface area contributed by atoms with Crippen LogP contribution in [0.15, 0.2) is 5.38 Å². The molecule has 6 nitrogen and oxygen atoms in total. The molecule has 1 atom stereocenters. The van der Waals surface area contributed by atoms with Crippen LogP contribution in [0.5, 0.6) is 0 Å². The fraction of sp³-hybridized carbons (Fsp3) is 0.800. The fourth-order valence-electron chi connectivity index (χ4n) is 4.86. The molecular formula is C20H32N4O2S. The van der Waals surface area contributed by atoms with Crippen molar-refractivity contribution < 1.29 is 9.53 Å². The first kappa shape index (κ1) is 19.2. The Labute approximate surface area is 166 Å². The van der Waals surface area contributed by atoms with Crippen LogP contribution >= 0.6 is 11.3 Å². The van der Waals surface area contributed by atoms with Crippen molar-refractivity contribution in [1.29, 1.82) is 0 Å². The van der Waals surface area contributed by atoms with Gasteiger partial charge in [-0.1, -0.05) is 6.92 Å². The van der Waals surface area contributed by atoms with Crippen molar-refractivity contribution in [2.24, 2.45) is 11.3 Å². The number of carbonyl (C=O) groups is 1. The van der Waals surface area contributed by atoms with Gasteiger partial charge in [-0.25, -0.2) is 9.78 Å². The Morgan fingerprint density at radius 2 is 2.19 bits per heavy atom. The van der Waals surface area contributed by atoms with E-state index in [1.807, 2.05) is 4.90 Å². The van der Waals surface area contributed by atoms with Gasteiger partial charge < -0.3 is 9.64 Å². The van der Waals surface area contributed by atoms with Crippen molar-refractivity contribution in [3.05, 3.63) is 11.1 Å². The number of hydrogen-bond donors (Lipinski definition) is 1. The molecule has 1 N–H and O–H groups in total. The largest absolute Gasteiger partial charge is 0.381 e. The highest BCUT2D eigenvalue weighted by atomic mass is 32.1. The van der Waals surface area contributed by atoms with Gasteiger partial charge in [-0.05, 0) is 56.4 Å². The van der Waals surface area contributed by atoms with Crippen LogP contribution in [0.1, 0.15) is 51.1 Å². The summed E-state index contributed by atoms with van der Waals surface area (Å²) in [6.45, 7) is 8.89. The van der Waals surface area contributed by atoms with Crippen LogP contribution in [0, 0.1) is 11.3 Å². The summed E-state index contributed by atoms with van der Waals surface area (Å²) in [6, 6.07) is 0.00746. The second-order valence-electron chi connectivity index (χ2n) is 8.69. The van der Waals surface area contributed by atoms with Crippen LogP contribution in [0.25, 0.3) is 0 Å². The molecule has 4 heterocycles. The first-order valence-corrected chi connectivity index (χ1v) is 11.3. The number of nitrogens with one attached hydrogen (secondary N) is 1. The van der Waals surface area contributed by atoms with Crippen molar-refractivity contribution in [3.8, 4) is 0 Å². The molecule has 3 aliphatic heterocycles. The molecule has 2 amide bonds. The van der Waals surface area contributed by atoms with Crippen molar-refractivity contribution in [1.82, 2.24) is 14.8 Å². The van der Waals surface area contributed by atoms with E-state index >= 15 is 0 Å². The molecule has 1 aromatic rings. The highest BCUT2D eigenvalue weighted by molar-refractivity contribution is 7.13. The Kier molecular flexibility index (Phi) is 5.99. The lowest BCUT2D eigenvalue weighted by molar-refractivity contribution is -0.0175. The highest BCUT2D eigenvalue weighted by Crippen LogP contribution is 2.39. The maximum absolute atomic E-state index is 12.8. The van der Waals surface area contributed by atoms with E-state index in [4.69, 9.17) is 4.74 Å². The minimum absolute atomic E-state index is 0.00746. The molecule has 150 valence electrons. The molecule has 3 aliphatic rings. The van der Waals surface area contributed by atoms with E-state index in [1.165, 1.54) is 19.3 Å². The third kappa shape index (κ3) is 4.81. The summed E-state index contributed by atoms with van der Waals surface area (Å²) >= 11 is 1.54. The fourth-order valence-corrected chi connectivity index (χ4v) is 5.55. The summed E-state index contributed by atoms with van der Waals surface area (Å²) < 4.78 is 5.53. The van der Waals surface area contributed by atoms with Crippen molar-refractivity contribution in [2.75, 3.05) is 44.7 Å². The predicted molar refractivity (Wildman–Crippen MR) is 108 cm³/mol. The standard InChI is InChI=1S/C20H32N4O2S/c1-16-4-2-8-23(12-16)13-17-14-27-18(21-17)22-19(25)24-9-3-5-20(15-24)6-10-26-11-7-20/h14,16H,2-13,15H2,1H3,(H,21,22,25). The number of likely N-dealkylation sites (tertiary alicyclic amines) is 2.